The van der Waals surface area contributed by atoms with Gasteiger partial charge in [0.25, 0.3) is 5.91 Å². The maximum Gasteiger partial charge on any atom is 0.410 e. The van der Waals surface area contributed by atoms with Crippen molar-refractivity contribution in [2.45, 2.75) is 65.5 Å². The standard InChI is InChI=1S/C21H29N3O4/c1-13-11-16(12-14(2)15(13)3)24-18(26)22-17(25)21(24)7-9-23(10-8-21)19(27)28-20(4,5)6/h11-12H,7-10H2,1-6H3,(H,22,25,26). The highest BCUT2D eigenvalue weighted by Crippen LogP contribution is 2.38. The quantitative estimate of drug-likeness (QED) is 0.749. The average molecular weight is 387 g/mol. The van der Waals surface area contributed by atoms with Gasteiger partial charge in [0.2, 0.25) is 0 Å². The predicted octanol–water partition coefficient (Wildman–Crippen LogP) is 3.44. The van der Waals surface area contributed by atoms with E-state index in [0.717, 1.165) is 16.8 Å². The number of piperidine rings is 1. The van der Waals surface area contributed by atoms with Crippen LogP contribution in [0.5, 0.6) is 0 Å². The second-order valence-electron chi connectivity index (χ2n) is 8.80. The smallest absolute Gasteiger partial charge is 0.410 e. The Hall–Kier alpha value is -2.57. The van der Waals surface area contributed by atoms with Crippen molar-refractivity contribution in [1.82, 2.24) is 10.2 Å². The van der Waals surface area contributed by atoms with Crippen molar-refractivity contribution in [3.8, 4) is 0 Å². The molecule has 0 saturated carbocycles. The first-order chi connectivity index (χ1) is 12.9. The van der Waals surface area contributed by atoms with Crippen LogP contribution in [-0.4, -0.2) is 47.2 Å². The second kappa shape index (κ2) is 6.79. The van der Waals surface area contributed by atoms with Gasteiger partial charge in [-0.1, -0.05) is 0 Å². The van der Waals surface area contributed by atoms with Gasteiger partial charge in [0, 0.05) is 18.8 Å². The Morgan fingerprint density at radius 3 is 2.11 bits per heavy atom. The Morgan fingerprint density at radius 2 is 1.61 bits per heavy atom. The molecule has 28 heavy (non-hydrogen) atoms. The molecule has 0 unspecified atom stereocenters. The highest BCUT2D eigenvalue weighted by Gasteiger charge is 2.55. The number of nitrogens with zero attached hydrogens (tertiary/aromatic N) is 2. The van der Waals surface area contributed by atoms with E-state index >= 15 is 0 Å². The third-order valence-corrected chi connectivity index (χ3v) is 5.69. The lowest BCUT2D eigenvalue weighted by atomic mass is 9.85. The summed E-state index contributed by atoms with van der Waals surface area (Å²) in [5, 5.41) is 2.48. The number of hydrogen-bond acceptors (Lipinski definition) is 4. The number of urea groups is 1. The average Bonchev–Trinajstić information content (AvgIpc) is 2.81. The summed E-state index contributed by atoms with van der Waals surface area (Å²) in [6.07, 6.45) is 0.353. The van der Waals surface area contributed by atoms with Crippen LogP contribution in [0.4, 0.5) is 15.3 Å². The molecule has 1 N–H and O–H groups in total. The highest BCUT2D eigenvalue weighted by atomic mass is 16.6. The Kier molecular flexibility index (Phi) is 4.89. The van der Waals surface area contributed by atoms with E-state index in [1.807, 2.05) is 53.7 Å². The van der Waals surface area contributed by atoms with Gasteiger partial charge < -0.3 is 9.64 Å². The number of carbonyl (C=O) groups is 3. The number of likely N-dealkylation sites (tertiary alicyclic amines) is 1. The zero-order valence-electron chi connectivity index (χ0n) is 17.5. The van der Waals surface area contributed by atoms with E-state index in [-0.39, 0.29) is 12.0 Å². The normalized spacial score (nSPS) is 19.2. The molecule has 2 saturated heterocycles. The van der Waals surface area contributed by atoms with Crippen LogP contribution >= 0.6 is 0 Å². The van der Waals surface area contributed by atoms with Gasteiger partial charge in [-0.15, -0.1) is 0 Å². The minimum absolute atomic E-state index is 0.294. The van der Waals surface area contributed by atoms with Crippen LogP contribution in [0, 0.1) is 20.8 Å². The lowest BCUT2D eigenvalue weighted by Crippen LogP contribution is -2.58. The molecule has 2 fully saturated rings. The third-order valence-electron chi connectivity index (χ3n) is 5.69. The summed E-state index contributed by atoms with van der Waals surface area (Å²) >= 11 is 0. The summed E-state index contributed by atoms with van der Waals surface area (Å²) in [5.74, 6) is -0.294. The Morgan fingerprint density at radius 1 is 1.07 bits per heavy atom. The molecule has 0 aromatic heterocycles. The van der Waals surface area contributed by atoms with Crippen LogP contribution in [0.3, 0.4) is 0 Å². The molecule has 4 amide bonds. The first-order valence-electron chi connectivity index (χ1n) is 9.66. The molecule has 7 heteroatoms. The van der Waals surface area contributed by atoms with Gasteiger partial charge in [-0.25, -0.2) is 9.59 Å². The van der Waals surface area contributed by atoms with E-state index < -0.39 is 17.2 Å². The number of benzene rings is 1. The molecule has 0 atom stereocenters. The van der Waals surface area contributed by atoms with E-state index in [1.54, 1.807) is 9.80 Å². The Balaban J connectivity index is 1.87. The molecular formula is C21H29N3O4. The summed E-state index contributed by atoms with van der Waals surface area (Å²) < 4.78 is 5.44. The molecule has 2 aliphatic heterocycles. The van der Waals surface area contributed by atoms with Crippen molar-refractivity contribution in [1.29, 1.82) is 0 Å². The number of nitrogens with one attached hydrogen (secondary N) is 1. The first kappa shape index (κ1) is 20.2. The van der Waals surface area contributed by atoms with Crippen LogP contribution in [0.25, 0.3) is 0 Å². The molecule has 7 nitrogen and oxygen atoms in total. The summed E-state index contributed by atoms with van der Waals surface area (Å²) in [7, 11) is 0. The zero-order valence-corrected chi connectivity index (χ0v) is 17.5. The molecule has 0 aliphatic carbocycles. The lowest BCUT2D eigenvalue weighted by Gasteiger charge is -2.42. The Bertz CT molecular complexity index is 810. The summed E-state index contributed by atoms with van der Waals surface area (Å²) in [6.45, 7) is 12.2. The van der Waals surface area contributed by atoms with E-state index in [4.69, 9.17) is 4.74 Å². The molecule has 152 valence electrons. The van der Waals surface area contributed by atoms with Crippen molar-refractivity contribution in [2.24, 2.45) is 0 Å². The summed E-state index contributed by atoms with van der Waals surface area (Å²) in [5.41, 5.74) is 2.49. The van der Waals surface area contributed by atoms with E-state index in [1.165, 1.54) is 5.56 Å². The fraction of sp³-hybridized carbons (Fsp3) is 0.571. The number of hydrogen-bond donors (Lipinski definition) is 1. The van der Waals surface area contributed by atoms with Gasteiger partial charge in [0.05, 0.1) is 0 Å². The number of aryl methyl sites for hydroxylation is 2. The van der Waals surface area contributed by atoms with Crippen LogP contribution in [0.2, 0.25) is 0 Å². The number of rotatable bonds is 1. The van der Waals surface area contributed by atoms with Crippen LogP contribution < -0.4 is 10.2 Å². The maximum atomic E-state index is 12.8. The van der Waals surface area contributed by atoms with Crippen molar-refractivity contribution in [3.05, 3.63) is 28.8 Å². The fourth-order valence-corrected chi connectivity index (χ4v) is 3.91. The minimum atomic E-state index is -0.969. The van der Waals surface area contributed by atoms with Gasteiger partial charge >= 0.3 is 12.1 Å². The van der Waals surface area contributed by atoms with Gasteiger partial charge in [-0.05, 0) is 83.2 Å². The maximum absolute atomic E-state index is 12.8. The topological polar surface area (TPSA) is 79.0 Å². The van der Waals surface area contributed by atoms with Crippen molar-refractivity contribution in [2.75, 3.05) is 18.0 Å². The van der Waals surface area contributed by atoms with Gasteiger partial charge in [0.1, 0.15) is 11.1 Å². The number of amides is 4. The van der Waals surface area contributed by atoms with E-state index in [9.17, 15) is 14.4 Å². The Labute approximate surface area is 166 Å². The van der Waals surface area contributed by atoms with Crippen molar-refractivity contribution < 1.29 is 19.1 Å². The molecule has 1 spiro atoms. The molecule has 2 aliphatic rings. The molecule has 0 radical (unpaired) electrons. The van der Waals surface area contributed by atoms with Crippen LogP contribution in [-0.2, 0) is 9.53 Å². The minimum Gasteiger partial charge on any atom is -0.444 e. The fourth-order valence-electron chi connectivity index (χ4n) is 3.91. The first-order valence-corrected chi connectivity index (χ1v) is 9.66. The summed E-state index contributed by atoms with van der Waals surface area (Å²) in [4.78, 5) is 41.0. The van der Waals surface area contributed by atoms with Crippen LogP contribution in [0.15, 0.2) is 12.1 Å². The zero-order chi connectivity index (χ0) is 20.9. The molecule has 0 bridgehead atoms. The van der Waals surface area contributed by atoms with E-state index in [2.05, 4.69) is 5.32 Å². The second-order valence-corrected chi connectivity index (χ2v) is 8.80. The van der Waals surface area contributed by atoms with E-state index in [0.29, 0.717) is 25.9 Å². The number of anilines is 1. The molecule has 3 rings (SSSR count). The third kappa shape index (κ3) is 3.45. The highest BCUT2D eigenvalue weighted by molar-refractivity contribution is 6.17. The number of imide groups is 1. The van der Waals surface area contributed by atoms with Gasteiger partial charge in [-0.2, -0.15) is 0 Å². The lowest BCUT2D eigenvalue weighted by molar-refractivity contribution is -0.124. The molecule has 1 aromatic rings. The molecule has 1 aromatic carbocycles. The largest absolute Gasteiger partial charge is 0.444 e. The SMILES string of the molecule is Cc1cc(N2C(=O)NC(=O)C23CCN(C(=O)OC(C)(C)C)CC3)cc(C)c1C. The van der Waals surface area contributed by atoms with Crippen molar-refractivity contribution in [3.63, 3.8) is 0 Å². The molecule has 2 heterocycles. The molecular weight excluding hydrogens is 358 g/mol. The number of ether oxygens (including phenoxy) is 1. The predicted molar refractivity (Wildman–Crippen MR) is 106 cm³/mol. The summed E-state index contributed by atoms with van der Waals surface area (Å²) in [6, 6.07) is 3.49. The number of carbonyl (C=O) groups excluding carboxylic acids is 3. The van der Waals surface area contributed by atoms with Gasteiger partial charge in [-0.3, -0.25) is 15.0 Å². The monoisotopic (exact) mass is 387 g/mol. The van der Waals surface area contributed by atoms with Crippen molar-refractivity contribution >= 4 is 23.7 Å². The van der Waals surface area contributed by atoms with Crippen LogP contribution in [0.1, 0.15) is 50.3 Å². The van der Waals surface area contributed by atoms with Gasteiger partial charge in [0.15, 0.2) is 0 Å².